The first-order chi connectivity index (χ1) is 6.68. The molecule has 0 atom stereocenters. The first kappa shape index (κ1) is 9.40. The molecule has 1 N–H and O–H groups in total. The van der Waals surface area contributed by atoms with E-state index in [0.29, 0.717) is 0 Å². The van der Waals surface area contributed by atoms with E-state index in [9.17, 15) is 0 Å². The van der Waals surface area contributed by atoms with Crippen molar-refractivity contribution in [3.63, 3.8) is 0 Å². The summed E-state index contributed by atoms with van der Waals surface area (Å²) >= 11 is 3.48. The van der Waals surface area contributed by atoms with Crippen LogP contribution in [0.15, 0.2) is 22.7 Å². The van der Waals surface area contributed by atoms with Gasteiger partial charge in [0.2, 0.25) is 0 Å². The van der Waals surface area contributed by atoms with Crippen molar-refractivity contribution < 1.29 is 0 Å². The lowest BCUT2D eigenvalue weighted by Crippen LogP contribution is -1.86. The molecule has 2 heterocycles. The minimum atomic E-state index is 0.867. The normalized spacial score (nSPS) is 10.5. The summed E-state index contributed by atoms with van der Waals surface area (Å²) in [7, 11) is 0. The van der Waals surface area contributed by atoms with Gasteiger partial charge in [0.25, 0.3) is 0 Å². The molecule has 4 heteroatoms. The van der Waals surface area contributed by atoms with E-state index in [1.54, 1.807) is 0 Å². The van der Waals surface area contributed by atoms with Gasteiger partial charge in [0.05, 0.1) is 10.2 Å². The number of H-pyrrole nitrogens is 1. The summed E-state index contributed by atoms with van der Waals surface area (Å²) in [5, 5.41) is 7.11. The van der Waals surface area contributed by atoms with Gasteiger partial charge in [-0.1, -0.05) is 6.07 Å². The van der Waals surface area contributed by atoms with Crippen molar-refractivity contribution in [2.45, 2.75) is 13.8 Å². The van der Waals surface area contributed by atoms with Gasteiger partial charge >= 0.3 is 0 Å². The molecule has 0 aliphatic carbocycles. The molecule has 2 rings (SSSR count). The van der Waals surface area contributed by atoms with Crippen LogP contribution in [-0.2, 0) is 0 Å². The van der Waals surface area contributed by atoms with Gasteiger partial charge in [-0.05, 0) is 41.9 Å². The fraction of sp³-hybridized carbons (Fsp3) is 0.200. The van der Waals surface area contributed by atoms with Gasteiger partial charge in [-0.25, -0.2) is 0 Å². The Morgan fingerprint density at radius 3 is 2.64 bits per heavy atom. The summed E-state index contributed by atoms with van der Waals surface area (Å²) in [4.78, 5) is 4.41. The Balaban J connectivity index is 2.55. The molecule has 2 aromatic rings. The lowest BCUT2D eigenvalue weighted by molar-refractivity contribution is 1.04. The molecule has 0 spiro atoms. The molecular weight excluding hydrogens is 242 g/mol. The first-order valence-electron chi connectivity index (χ1n) is 4.33. The maximum Gasteiger partial charge on any atom is 0.125 e. The lowest BCUT2D eigenvalue weighted by Gasteiger charge is -1.97. The highest BCUT2D eigenvalue weighted by molar-refractivity contribution is 9.10. The maximum atomic E-state index is 4.41. The van der Waals surface area contributed by atoms with E-state index in [1.165, 1.54) is 0 Å². The summed E-state index contributed by atoms with van der Waals surface area (Å²) < 4.78 is 0.982. The summed E-state index contributed by atoms with van der Waals surface area (Å²) in [6.45, 7) is 3.94. The average molecular weight is 252 g/mol. The van der Waals surface area contributed by atoms with Crippen LogP contribution in [0.4, 0.5) is 0 Å². The number of hydrogen-bond acceptors (Lipinski definition) is 2. The van der Waals surface area contributed by atoms with Gasteiger partial charge in [0, 0.05) is 11.4 Å². The van der Waals surface area contributed by atoms with Crippen LogP contribution in [0.1, 0.15) is 11.4 Å². The summed E-state index contributed by atoms with van der Waals surface area (Å²) in [6, 6.07) is 5.90. The molecule has 0 bridgehead atoms. The molecule has 0 amide bonds. The minimum Gasteiger partial charge on any atom is -0.281 e. The molecule has 0 unspecified atom stereocenters. The molecule has 0 aromatic carbocycles. The second-order valence-corrected chi connectivity index (χ2v) is 3.97. The average Bonchev–Trinajstić information content (AvgIpc) is 2.48. The van der Waals surface area contributed by atoms with Crippen molar-refractivity contribution in [1.82, 2.24) is 15.2 Å². The van der Waals surface area contributed by atoms with Crippen molar-refractivity contribution in [2.75, 3.05) is 0 Å². The predicted molar refractivity (Wildman–Crippen MR) is 59.0 cm³/mol. The molecule has 0 aliphatic heterocycles. The molecule has 14 heavy (non-hydrogen) atoms. The molecule has 0 radical (unpaired) electrons. The third kappa shape index (κ3) is 1.57. The molecule has 0 aliphatic rings. The Hall–Kier alpha value is -1.16. The highest BCUT2D eigenvalue weighted by Gasteiger charge is 2.10. The van der Waals surface area contributed by atoms with Gasteiger partial charge in [0.1, 0.15) is 5.69 Å². The zero-order valence-electron chi connectivity index (χ0n) is 8.00. The second-order valence-electron chi connectivity index (χ2n) is 3.18. The molecule has 0 saturated carbocycles. The standard InChI is InChI=1S/C10H10BrN3/c1-6-4-3-5-8(12-6)10-9(11)7(2)13-14-10/h3-5H,1-2H3,(H,13,14). The highest BCUT2D eigenvalue weighted by atomic mass is 79.9. The second kappa shape index (κ2) is 3.53. The highest BCUT2D eigenvalue weighted by Crippen LogP contribution is 2.26. The van der Waals surface area contributed by atoms with Crippen LogP contribution in [0.3, 0.4) is 0 Å². The molecule has 0 saturated heterocycles. The SMILES string of the molecule is Cc1cccc(-c2n[nH]c(C)c2Br)n1. The molecular formula is C10H10BrN3. The summed E-state index contributed by atoms with van der Waals surface area (Å²) in [6.07, 6.45) is 0. The summed E-state index contributed by atoms with van der Waals surface area (Å²) in [5.41, 5.74) is 3.77. The Labute approximate surface area is 90.7 Å². The van der Waals surface area contributed by atoms with Crippen molar-refractivity contribution in [2.24, 2.45) is 0 Å². The van der Waals surface area contributed by atoms with E-state index in [4.69, 9.17) is 0 Å². The number of aryl methyl sites for hydroxylation is 2. The Bertz CT molecular complexity index is 462. The Morgan fingerprint density at radius 2 is 2.07 bits per heavy atom. The Morgan fingerprint density at radius 1 is 1.29 bits per heavy atom. The fourth-order valence-electron chi connectivity index (χ4n) is 1.26. The lowest BCUT2D eigenvalue weighted by atomic mass is 10.2. The van der Waals surface area contributed by atoms with Crippen molar-refractivity contribution in [1.29, 1.82) is 0 Å². The van der Waals surface area contributed by atoms with Crippen LogP contribution < -0.4 is 0 Å². The molecule has 0 fully saturated rings. The molecule has 2 aromatic heterocycles. The number of halogens is 1. The van der Waals surface area contributed by atoms with E-state index in [0.717, 1.165) is 27.2 Å². The van der Waals surface area contributed by atoms with Gasteiger partial charge in [-0.2, -0.15) is 5.10 Å². The van der Waals surface area contributed by atoms with Crippen LogP contribution in [0.5, 0.6) is 0 Å². The van der Waals surface area contributed by atoms with Gasteiger partial charge < -0.3 is 0 Å². The number of aromatic amines is 1. The number of nitrogens with zero attached hydrogens (tertiary/aromatic N) is 2. The number of pyridine rings is 1. The third-order valence-electron chi connectivity index (χ3n) is 2.00. The largest absolute Gasteiger partial charge is 0.281 e. The molecule has 3 nitrogen and oxygen atoms in total. The zero-order valence-corrected chi connectivity index (χ0v) is 9.59. The third-order valence-corrected chi connectivity index (χ3v) is 2.97. The number of hydrogen-bond donors (Lipinski definition) is 1. The number of aromatic nitrogens is 3. The number of rotatable bonds is 1. The first-order valence-corrected chi connectivity index (χ1v) is 5.12. The minimum absolute atomic E-state index is 0.867. The predicted octanol–water partition coefficient (Wildman–Crippen LogP) is 2.85. The topological polar surface area (TPSA) is 41.6 Å². The van der Waals surface area contributed by atoms with Gasteiger partial charge in [-0.15, -0.1) is 0 Å². The van der Waals surface area contributed by atoms with Crippen LogP contribution in [0, 0.1) is 13.8 Å². The zero-order chi connectivity index (χ0) is 10.1. The van der Waals surface area contributed by atoms with E-state index in [2.05, 4.69) is 31.1 Å². The van der Waals surface area contributed by atoms with E-state index < -0.39 is 0 Å². The quantitative estimate of drug-likeness (QED) is 0.847. The van der Waals surface area contributed by atoms with Gasteiger partial charge in [-0.3, -0.25) is 10.1 Å². The maximum absolute atomic E-state index is 4.41. The van der Waals surface area contributed by atoms with Crippen molar-refractivity contribution in [3.05, 3.63) is 34.1 Å². The van der Waals surface area contributed by atoms with E-state index in [-0.39, 0.29) is 0 Å². The van der Waals surface area contributed by atoms with Crippen LogP contribution in [0.2, 0.25) is 0 Å². The smallest absolute Gasteiger partial charge is 0.125 e. The van der Waals surface area contributed by atoms with Crippen LogP contribution in [0.25, 0.3) is 11.4 Å². The summed E-state index contributed by atoms with van der Waals surface area (Å²) in [5.74, 6) is 0. The monoisotopic (exact) mass is 251 g/mol. The van der Waals surface area contributed by atoms with Gasteiger partial charge in [0.15, 0.2) is 0 Å². The van der Waals surface area contributed by atoms with Crippen molar-refractivity contribution >= 4 is 15.9 Å². The fourth-order valence-corrected chi connectivity index (χ4v) is 1.64. The van der Waals surface area contributed by atoms with E-state index >= 15 is 0 Å². The van der Waals surface area contributed by atoms with Crippen molar-refractivity contribution in [3.8, 4) is 11.4 Å². The molecule has 72 valence electrons. The van der Waals surface area contributed by atoms with E-state index in [1.807, 2.05) is 32.0 Å². The number of nitrogens with one attached hydrogen (secondary N) is 1. The Kier molecular flexibility index (Phi) is 2.37. The van der Waals surface area contributed by atoms with Crippen LogP contribution in [-0.4, -0.2) is 15.2 Å². The van der Waals surface area contributed by atoms with Crippen LogP contribution >= 0.6 is 15.9 Å².